The lowest BCUT2D eigenvalue weighted by Gasteiger charge is -2.14. The van der Waals surface area contributed by atoms with Crippen LogP contribution < -0.4 is 5.32 Å². The number of benzene rings is 1. The first-order valence-electron chi connectivity index (χ1n) is 5.74. The topological polar surface area (TPSA) is 32.3 Å². The molecule has 2 nitrogen and oxygen atoms in total. The highest BCUT2D eigenvalue weighted by molar-refractivity contribution is 5.16. The average Bonchev–Trinajstić information content (AvgIpc) is 2.23. The van der Waals surface area contributed by atoms with Crippen LogP contribution in [0.25, 0.3) is 0 Å². The fraction of sp³-hybridized carbons (Fsp3) is 0.538. The monoisotopic (exact) mass is 225 g/mol. The van der Waals surface area contributed by atoms with E-state index in [-0.39, 0.29) is 11.9 Å². The predicted molar refractivity (Wildman–Crippen MR) is 63.9 cm³/mol. The molecule has 0 spiro atoms. The summed E-state index contributed by atoms with van der Waals surface area (Å²) in [6.45, 7) is 4.43. The minimum absolute atomic E-state index is 0.179. The van der Waals surface area contributed by atoms with Crippen molar-refractivity contribution >= 4 is 0 Å². The first kappa shape index (κ1) is 13.1. The van der Waals surface area contributed by atoms with E-state index >= 15 is 0 Å². The van der Waals surface area contributed by atoms with Crippen molar-refractivity contribution in [1.82, 2.24) is 5.32 Å². The number of hydrogen-bond acceptors (Lipinski definition) is 2. The minimum atomic E-state index is -0.323. The summed E-state index contributed by atoms with van der Waals surface area (Å²) in [6, 6.07) is 7.03. The van der Waals surface area contributed by atoms with E-state index in [9.17, 15) is 4.39 Å². The van der Waals surface area contributed by atoms with Crippen molar-refractivity contribution in [2.45, 2.75) is 38.8 Å². The maximum atomic E-state index is 12.9. The van der Waals surface area contributed by atoms with Gasteiger partial charge in [0.1, 0.15) is 5.82 Å². The van der Waals surface area contributed by atoms with E-state index in [4.69, 9.17) is 5.11 Å². The first-order valence-corrected chi connectivity index (χ1v) is 5.74. The van der Waals surface area contributed by atoms with Crippen LogP contribution in [0.1, 0.15) is 25.8 Å². The number of aryl methyl sites for hydroxylation is 1. The molecule has 0 heterocycles. The van der Waals surface area contributed by atoms with Crippen LogP contribution in [-0.2, 0) is 6.42 Å². The third kappa shape index (κ3) is 5.24. The smallest absolute Gasteiger partial charge is 0.123 e. The Morgan fingerprint density at radius 3 is 2.75 bits per heavy atom. The van der Waals surface area contributed by atoms with Gasteiger partial charge in [0.05, 0.1) is 6.10 Å². The van der Waals surface area contributed by atoms with Gasteiger partial charge in [-0.3, -0.25) is 0 Å². The number of hydrogen-bond donors (Lipinski definition) is 2. The second-order valence-corrected chi connectivity index (χ2v) is 4.33. The SMILES string of the molecule is CC(CCc1cccc(F)c1)NC[C@@H](C)O. The maximum Gasteiger partial charge on any atom is 0.123 e. The lowest BCUT2D eigenvalue weighted by molar-refractivity contribution is 0.186. The second kappa shape index (κ2) is 6.61. The standard InChI is InChI=1S/C13H20FNO/c1-10(15-9-11(2)16)6-7-12-4-3-5-13(14)8-12/h3-5,8,10-11,15-16H,6-7,9H2,1-2H3/t10?,11-/m1/s1. The summed E-state index contributed by atoms with van der Waals surface area (Å²) in [6.07, 6.45) is 1.47. The summed E-state index contributed by atoms with van der Waals surface area (Å²) >= 11 is 0. The molecule has 1 unspecified atom stereocenters. The highest BCUT2D eigenvalue weighted by atomic mass is 19.1. The fourth-order valence-electron chi connectivity index (χ4n) is 1.55. The number of halogens is 1. The highest BCUT2D eigenvalue weighted by Gasteiger charge is 2.04. The van der Waals surface area contributed by atoms with Crippen molar-refractivity contribution in [2.24, 2.45) is 0 Å². The van der Waals surface area contributed by atoms with Crippen molar-refractivity contribution in [3.8, 4) is 0 Å². The van der Waals surface area contributed by atoms with Gasteiger partial charge in [-0.1, -0.05) is 12.1 Å². The third-order valence-corrected chi connectivity index (χ3v) is 2.52. The second-order valence-electron chi connectivity index (χ2n) is 4.33. The molecule has 0 bridgehead atoms. The Morgan fingerprint density at radius 1 is 1.38 bits per heavy atom. The number of nitrogens with one attached hydrogen (secondary N) is 1. The summed E-state index contributed by atoms with van der Waals surface area (Å²) < 4.78 is 12.9. The predicted octanol–water partition coefficient (Wildman–Crippen LogP) is 2.12. The maximum absolute atomic E-state index is 12.9. The van der Waals surface area contributed by atoms with Crippen molar-refractivity contribution in [2.75, 3.05) is 6.54 Å². The van der Waals surface area contributed by atoms with Gasteiger partial charge in [-0.2, -0.15) is 0 Å². The van der Waals surface area contributed by atoms with Gasteiger partial charge in [0.2, 0.25) is 0 Å². The van der Waals surface area contributed by atoms with Crippen LogP contribution >= 0.6 is 0 Å². The molecule has 0 aliphatic heterocycles. The molecule has 3 heteroatoms. The van der Waals surface area contributed by atoms with E-state index in [0.29, 0.717) is 12.6 Å². The minimum Gasteiger partial charge on any atom is -0.392 e. The molecule has 0 fully saturated rings. The Kier molecular flexibility index (Phi) is 5.43. The van der Waals surface area contributed by atoms with Gasteiger partial charge in [0.15, 0.2) is 0 Å². The van der Waals surface area contributed by atoms with Gasteiger partial charge in [-0.05, 0) is 44.4 Å². The largest absolute Gasteiger partial charge is 0.392 e. The molecule has 0 amide bonds. The molecule has 16 heavy (non-hydrogen) atoms. The molecule has 1 aromatic rings. The van der Waals surface area contributed by atoms with Crippen LogP contribution in [0.15, 0.2) is 24.3 Å². The molecule has 0 saturated heterocycles. The van der Waals surface area contributed by atoms with E-state index in [2.05, 4.69) is 12.2 Å². The van der Waals surface area contributed by atoms with E-state index in [1.807, 2.05) is 6.07 Å². The zero-order chi connectivity index (χ0) is 12.0. The van der Waals surface area contributed by atoms with E-state index in [1.54, 1.807) is 19.1 Å². The van der Waals surface area contributed by atoms with Gasteiger partial charge >= 0.3 is 0 Å². The van der Waals surface area contributed by atoms with Crippen LogP contribution in [0.2, 0.25) is 0 Å². The molecule has 0 aliphatic carbocycles. The first-order chi connectivity index (χ1) is 7.58. The molecular weight excluding hydrogens is 205 g/mol. The van der Waals surface area contributed by atoms with Crippen LogP contribution in [0, 0.1) is 5.82 Å². The fourth-order valence-corrected chi connectivity index (χ4v) is 1.55. The lowest BCUT2D eigenvalue weighted by atomic mass is 10.1. The summed E-state index contributed by atoms with van der Waals surface area (Å²) in [5.74, 6) is -0.179. The summed E-state index contributed by atoms with van der Waals surface area (Å²) in [5, 5.41) is 12.3. The van der Waals surface area contributed by atoms with Gasteiger partial charge < -0.3 is 10.4 Å². The molecule has 0 aliphatic rings. The molecule has 0 saturated carbocycles. The Labute approximate surface area is 96.5 Å². The van der Waals surface area contributed by atoms with Crippen molar-refractivity contribution < 1.29 is 9.50 Å². The number of aliphatic hydroxyl groups excluding tert-OH is 1. The molecule has 1 rings (SSSR count). The highest BCUT2D eigenvalue weighted by Crippen LogP contribution is 2.07. The van der Waals surface area contributed by atoms with Crippen molar-refractivity contribution in [3.63, 3.8) is 0 Å². The zero-order valence-corrected chi connectivity index (χ0v) is 9.91. The third-order valence-electron chi connectivity index (χ3n) is 2.52. The lowest BCUT2D eigenvalue weighted by Crippen LogP contribution is -2.32. The van der Waals surface area contributed by atoms with Crippen LogP contribution in [0.3, 0.4) is 0 Å². The molecule has 0 aromatic heterocycles. The Morgan fingerprint density at radius 2 is 2.12 bits per heavy atom. The quantitative estimate of drug-likeness (QED) is 0.777. The Bertz CT molecular complexity index is 315. The Hall–Kier alpha value is -0.930. The number of aliphatic hydroxyl groups is 1. The van der Waals surface area contributed by atoms with Gasteiger partial charge in [-0.15, -0.1) is 0 Å². The molecule has 2 N–H and O–H groups in total. The molecule has 1 aromatic carbocycles. The summed E-state index contributed by atoms with van der Waals surface area (Å²) in [4.78, 5) is 0. The average molecular weight is 225 g/mol. The van der Waals surface area contributed by atoms with Gasteiger partial charge in [-0.25, -0.2) is 4.39 Å². The van der Waals surface area contributed by atoms with Crippen LogP contribution in [0.5, 0.6) is 0 Å². The normalized spacial score (nSPS) is 14.8. The van der Waals surface area contributed by atoms with Crippen LogP contribution in [0.4, 0.5) is 4.39 Å². The molecule has 90 valence electrons. The molecular formula is C13H20FNO. The van der Waals surface area contributed by atoms with Crippen molar-refractivity contribution in [3.05, 3.63) is 35.6 Å². The zero-order valence-electron chi connectivity index (χ0n) is 9.91. The van der Waals surface area contributed by atoms with Crippen molar-refractivity contribution in [1.29, 1.82) is 0 Å². The summed E-state index contributed by atoms with van der Waals surface area (Å²) in [7, 11) is 0. The van der Waals surface area contributed by atoms with Gasteiger partial charge in [0, 0.05) is 12.6 Å². The van der Waals surface area contributed by atoms with Gasteiger partial charge in [0.25, 0.3) is 0 Å². The number of rotatable bonds is 6. The summed E-state index contributed by atoms with van der Waals surface area (Å²) in [5.41, 5.74) is 1.02. The Balaban J connectivity index is 2.28. The van der Waals surface area contributed by atoms with E-state index in [0.717, 1.165) is 18.4 Å². The van der Waals surface area contributed by atoms with Crippen LogP contribution in [-0.4, -0.2) is 23.8 Å². The molecule has 2 atom stereocenters. The van der Waals surface area contributed by atoms with E-state index < -0.39 is 0 Å². The van der Waals surface area contributed by atoms with E-state index in [1.165, 1.54) is 6.07 Å². The molecule has 0 radical (unpaired) electrons.